The fraction of sp³-hybridized carbons (Fsp3) is 0.267. The number of rotatable bonds is 4. The third-order valence-electron chi connectivity index (χ3n) is 2.75. The molecule has 0 atom stereocenters. The minimum Gasteiger partial charge on any atom is -0.295 e. The summed E-state index contributed by atoms with van der Waals surface area (Å²) >= 11 is 3.43. The zero-order valence-electron chi connectivity index (χ0n) is 10.8. The van der Waals surface area contributed by atoms with E-state index in [0.717, 1.165) is 10.5 Å². The predicted octanol–water partition coefficient (Wildman–Crippen LogP) is 5.11. The molecule has 94 valence electrons. The van der Waals surface area contributed by atoms with Gasteiger partial charge in [-0.3, -0.25) is 4.79 Å². The van der Waals surface area contributed by atoms with Gasteiger partial charge in [-0.25, -0.2) is 0 Å². The van der Waals surface area contributed by atoms with Crippen LogP contribution in [-0.2, 0) is 4.79 Å². The molecule has 1 nitrogen and oxygen atoms in total. The minimum atomic E-state index is 0.163. The molecule has 0 aliphatic rings. The van der Waals surface area contributed by atoms with E-state index in [2.05, 4.69) is 42.8 Å². The first-order chi connectivity index (χ1) is 8.58. The molecule has 0 bridgehead atoms. The van der Waals surface area contributed by atoms with Crippen molar-refractivity contribution in [3.63, 3.8) is 0 Å². The van der Waals surface area contributed by atoms with E-state index in [0.29, 0.717) is 0 Å². The summed E-state index contributed by atoms with van der Waals surface area (Å²) in [7, 11) is 0. The highest BCUT2D eigenvalue weighted by atomic mass is 32.1. The monoisotopic (exact) mass is 276 g/mol. The lowest BCUT2D eigenvalue weighted by molar-refractivity contribution is -0.113. The molecule has 0 saturated heterocycles. The first-order valence-corrected chi connectivity index (χ1v) is 7.69. The van der Waals surface area contributed by atoms with Crippen LogP contribution in [-0.4, -0.2) is 5.78 Å². The highest BCUT2D eigenvalue weighted by molar-refractivity contribution is 7.15. The first-order valence-electron chi connectivity index (χ1n) is 5.93. The number of hydrogen-bond donors (Lipinski definition) is 0. The van der Waals surface area contributed by atoms with Gasteiger partial charge in [-0.2, -0.15) is 0 Å². The van der Waals surface area contributed by atoms with E-state index in [-0.39, 0.29) is 11.7 Å². The van der Waals surface area contributed by atoms with Crippen molar-refractivity contribution in [2.24, 2.45) is 5.92 Å². The van der Waals surface area contributed by atoms with Crippen molar-refractivity contribution in [2.75, 3.05) is 0 Å². The van der Waals surface area contributed by atoms with Crippen LogP contribution in [0.15, 0.2) is 34.5 Å². The Bertz CT molecular complexity index is 559. The number of Topliss-reactive ketones (excluding diaryl/α,β-unsaturated/α-hetero) is 1. The van der Waals surface area contributed by atoms with E-state index in [9.17, 15) is 4.79 Å². The maximum absolute atomic E-state index is 11.6. The van der Waals surface area contributed by atoms with Crippen molar-refractivity contribution >= 4 is 34.5 Å². The van der Waals surface area contributed by atoms with Crippen LogP contribution in [0.25, 0.3) is 16.5 Å². The molecule has 18 heavy (non-hydrogen) atoms. The molecule has 0 saturated carbocycles. The van der Waals surface area contributed by atoms with E-state index >= 15 is 0 Å². The molecular formula is C15H16OS2. The van der Waals surface area contributed by atoms with Gasteiger partial charge in [0.05, 0.1) is 0 Å². The van der Waals surface area contributed by atoms with Crippen molar-refractivity contribution in [2.45, 2.75) is 20.8 Å². The Morgan fingerprint density at radius 1 is 1.33 bits per heavy atom. The summed E-state index contributed by atoms with van der Waals surface area (Å²) < 4.78 is 0. The van der Waals surface area contributed by atoms with Crippen LogP contribution in [0.3, 0.4) is 0 Å². The van der Waals surface area contributed by atoms with Gasteiger partial charge in [-0.05, 0) is 47.4 Å². The summed E-state index contributed by atoms with van der Waals surface area (Å²) in [5.74, 6) is 0.436. The molecule has 0 unspecified atom stereocenters. The second kappa shape index (κ2) is 5.63. The Morgan fingerprint density at radius 2 is 2.11 bits per heavy atom. The van der Waals surface area contributed by atoms with E-state index < -0.39 is 0 Å². The molecule has 0 amide bonds. The van der Waals surface area contributed by atoms with Crippen molar-refractivity contribution < 1.29 is 4.79 Å². The highest BCUT2D eigenvalue weighted by Crippen LogP contribution is 2.30. The fourth-order valence-electron chi connectivity index (χ4n) is 1.83. The van der Waals surface area contributed by atoms with Crippen LogP contribution in [0.5, 0.6) is 0 Å². The van der Waals surface area contributed by atoms with Gasteiger partial charge < -0.3 is 0 Å². The van der Waals surface area contributed by atoms with E-state index in [1.54, 1.807) is 29.6 Å². The maximum Gasteiger partial charge on any atom is 0.156 e. The third-order valence-corrected chi connectivity index (χ3v) is 4.55. The van der Waals surface area contributed by atoms with Crippen LogP contribution in [0.4, 0.5) is 0 Å². The molecule has 0 spiro atoms. The summed E-state index contributed by atoms with van der Waals surface area (Å²) in [6.45, 7) is 5.75. The van der Waals surface area contributed by atoms with Gasteiger partial charge in [0.2, 0.25) is 0 Å². The molecule has 2 aromatic rings. The molecule has 0 aliphatic heterocycles. The molecular weight excluding hydrogens is 260 g/mol. The lowest BCUT2D eigenvalue weighted by Gasteiger charge is -2.06. The van der Waals surface area contributed by atoms with Gasteiger partial charge in [-0.15, -0.1) is 22.7 Å². The van der Waals surface area contributed by atoms with Crippen LogP contribution >= 0.6 is 22.7 Å². The summed E-state index contributed by atoms with van der Waals surface area (Å²) in [6, 6.07) is 6.33. The Kier molecular flexibility index (Phi) is 4.15. The van der Waals surface area contributed by atoms with Crippen molar-refractivity contribution in [3.05, 3.63) is 39.4 Å². The summed E-state index contributed by atoms with van der Waals surface area (Å²) in [5, 5.41) is 4.23. The van der Waals surface area contributed by atoms with E-state index in [1.807, 2.05) is 6.08 Å². The van der Waals surface area contributed by atoms with Crippen LogP contribution in [0.1, 0.15) is 25.6 Å². The topological polar surface area (TPSA) is 17.1 Å². The number of thiophene rings is 2. The average Bonchev–Trinajstić information content (AvgIpc) is 2.95. The zero-order chi connectivity index (χ0) is 13.1. The lowest BCUT2D eigenvalue weighted by atomic mass is 9.99. The molecule has 2 rings (SSSR count). The van der Waals surface area contributed by atoms with Crippen molar-refractivity contribution in [1.29, 1.82) is 0 Å². The quantitative estimate of drug-likeness (QED) is 0.710. The Labute approximate surface area is 116 Å². The van der Waals surface area contributed by atoms with Gasteiger partial charge in [0.25, 0.3) is 0 Å². The normalized spacial score (nSPS) is 12.1. The van der Waals surface area contributed by atoms with Crippen molar-refractivity contribution in [3.8, 4) is 10.4 Å². The first kappa shape index (κ1) is 13.2. The van der Waals surface area contributed by atoms with Gasteiger partial charge in [-0.1, -0.05) is 19.9 Å². The van der Waals surface area contributed by atoms with E-state index in [4.69, 9.17) is 0 Å². The minimum absolute atomic E-state index is 0.163. The number of allylic oxidation sites excluding steroid dienone is 1. The fourth-order valence-corrected chi connectivity index (χ4v) is 3.47. The molecule has 2 heterocycles. The van der Waals surface area contributed by atoms with Crippen molar-refractivity contribution in [1.82, 2.24) is 0 Å². The molecule has 0 N–H and O–H groups in total. The highest BCUT2D eigenvalue weighted by Gasteiger charge is 2.10. The van der Waals surface area contributed by atoms with Gasteiger partial charge in [0, 0.05) is 15.3 Å². The third kappa shape index (κ3) is 2.98. The summed E-state index contributed by atoms with van der Waals surface area (Å²) in [5.41, 5.74) is 2.14. The second-order valence-corrected chi connectivity index (χ2v) is 6.42. The predicted molar refractivity (Wildman–Crippen MR) is 81.1 cm³/mol. The molecule has 0 aromatic carbocycles. The van der Waals surface area contributed by atoms with Crippen LogP contribution in [0.2, 0.25) is 0 Å². The van der Waals surface area contributed by atoms with E-state index in [1.165, 1.54) is 10.4 Å². The molecule has 3 heteroatoms. The van der Waals surface area contributed by atoms with Crippen LogP contribution < -0.4 is 0 Å². The molecule has 2 aromatic heterocycles. The Morgan fingerprint density at radius 3 is 2.67 bits per heavy atom. The molecule has 0 aliphatic carbocycles. The maximum atomic E-state index is 11.6. The largest absolute Gasteiger partial charge is 0.295 e. The number of carbonyl (C=O) groups is 1. The van der Waals surface area contributed by atoms with Crippen LogP contribution in [0, 0.1) is 5.92 Å². The Balaban J connectivity index is 2.30. The lowest BCUT2D eigenvalue weighted by Crippen LogP contribution is -2.03. The van der Waals surface area contributed by atoms with Gasteiger partial charge in [0.1, 0.15) is 0 Å². The zero-order valence-corrected chi connectivity index (χ0v) is 12.4. The number of hydrogen-bond acceptors (Lipinski definition) is 3. The smallest absolute Gasteiger partial charge is 0.156 e. The van der Waals surface area contributed by atoms with Gasteiger partial charge in [0.15, 0.2) is 5.78 Å². The second-order valence-electron chi connectivity index (χ2n) is 4.53. The molecule has 0 fully saturated rings. The molecule has 0 radical (unpaired) electrons. The summed E-state index contributed by atoms with van der Waals surface area (Å²) in [4.78, 5) is 14.0. The number of carbonyl (C=O) groups excluding carboxylic acids is 1. The standard InChI is InChI=1S/C15H16OS2/c1-10(2)14(11(3)16)8-13-7-12(9-18-13)15-5-4-6-17-15/h4-10H,1-3H3/b14-8+. The van der Waals surface area contributed by atoms with Gasteiger partial charge >= 0.3 is 0 Å². The SMILES string of the molecule is CC(=O)/C(=C/c1cc(-c2cccs2)cs1)C(C)C. The number of ketones is 1. The Hall–Kier alpha value is -1.19. The average molecular weight is 276 g/mol. The summed E-state index contributed by atoms with van der Waals surface area (Å²) in [6.07, 6.45) is 2.02.